The van der Waals surface area contributed by atoms with E-state index in [1.54, 1.807) is 19.2 Å². The van der Waals surface area contributed by atoms with Crippen LogP contribution in [0.3, 0.4) is 0 Å². The Labute approximate surface area is 127 Å². The van der Waals surface area contributed by atoms with Crippen molar-refractivity contribution in [2.24, 2.45) is 0 Å². The molecule has 1 heterocycles. The quantitative estimate of drug-likeness (QED) is 0.728. The lowest BCUT2D eigenvalue weighted by Gasteiger charge is -2.17. The Bertz CT molecular complexity index is 573. The van der Waals surface area contributed by atoms with Crippen molar-refractivity contribution in [1.82, 2.24) is 5.32 Å². The molecular weight excluding hydrogens is 360 g/mol. The van der Waals surface area contributed by atoms with E-state index in [0.717, 1.165) is 4.88 Å². The number of benzene rings is 1. The SMILES string of the molecule is CNC(c1cc(Cl)c(Br)cc1F)c1sccc1Cl. The molecule has 1 unspecified atom stereocenters. The van der Waals surface area contributed by atoms with E-state index in [4.69, 9.17) is 23.2 Å². The molecule has 0 fully saturated rings. The molecule has 0 radical (unpaired) electrons. The van der Waals surface area contributed by atoms with Crippen LogP contribution in [0.1, 0.15) is 16.5 Å². The van der Waals surface area contributed by atoms with E-state index in [0.29, 0.717) is 20.1 Å². The van der Waals surface area contributed by atoms with Crippen LogP contribution in [-0.4, -0.2) is 7.05 Å². The summed E-state index contributed by atoms with van der Waals surface area (Å²) in [5.41, 5.74) is 0.482. The third-order valence-corrected chi connectivity index (χ3v) is 5.17. The van der Waals surface area contributed by atoms with E-state index in [9.17, 15) is 4.39 Å². The molecule has 1 N–H and O–H groups in total. The average molecular weight is 369 g/mol. The van der Waals surface area contributed by atoms with Crippen LogP contribution in [0.15, 0.2) is 28.1 Å². The molecule has 0 saturated carbocycles. The fourth-order valence-electron chi connectivity index (χ4n) is 1.70. The maximum atomic E-state index is 14.0. The lowest BCUT2D eigenvalue weighted by atomic mass is 10.0. The first-order valence-electron chi connectivity index (χ1n) is 5.09. The maximum Gasteiger partial charge on any atom is 0.129 e. The summed E-state index contributed by atoms with van der Waals surface area (Å²) < 4.78 is 14.6. The highest BCUT2D eigenvalue weighted by Crippen LogP contribution is 2.36. The summed E-state index contributed by atoms with van der Waals surface area (Å²) in [6.07, 6.45) is 0. The fraction of sp³-hybridized carbons (Fsp3) is 0.167. The van der Waals surface area contributed by atoms with Crippen molar-refractivity contribution in [2.45, 2.75) is 6.04 Å². The fourth-order valence-corrected chi connectivity index (χ4v) is 3.48. The number of thiophene rings is 1. The number of nitrogens with one attached hydrogen (secondary N) is 1. The predicted molar refractivity (Wildman–Crippen MR) is 79.3 cm³/mol. The maximum absolute atomic E-state index is 14.0. The highest BCUT2D eigenvalue weighted by atomic mass is 79.9. The minimum atomic E-state index is -0.324. The molecule has 6 heteroatoms. The molecule has 1 aromatic heterocycles. The van der Waals surface area contributed by atoms with Crippen LogP contribution in [0.25, 0.3) is 0 Å². The van der Waals surface area contributed by atoms with Gasteiger partial charge in [0.25, 0.3) is 0 Å². The van der Waals surface area contributed by atoms with Gasteiger partial charge in [-0.3, -0.25) is 0 Å². The Morgan fingerprint density at radius 2 is 2.06 bits per heavy atom. The second-order valence-corrected chi connectivity index (χ2v) is 6.26. The van der Waals surface area contributed by atoms with Crippen LogP contribution < -0.4 is 5.32 Å². The van der Waals surface area contributed by atoms with Crippen LogP contribution in [0, 0.1) is 5.82 Å². The van der Waals surface area contributed by atoms with Crippen molar-refractivity contribution in [1.29, 1.82) is 0 Å². The first-order valence-corrected chi connectivity index (χ1v) is 7.52. The molecule has 0 aliphatic carbocycles. The molecule has 0 amide bonds. The Balaban J connectivity index is 2.52. The van der Waals surface area contributed by atoms with Gasteiger partial charge < -0.3 is 5.32 Å². The minimum absolute atomic E-state index is 0.303. The first kappa shape index (κ1) is 14.3. The van der Waals surface area contributed by atoms with Crippen molar-refractivity contribution in [2.75, 3.05) is 7.05 Å². The standard InChI is InChI=1S/C12H9BrCl2FNS/c1-17-11(12-8(14)2-3-18-12)6-4-9(15)7(13)5-10(6)16/h2-5,11,17H,1H3. The van der Waals surface area contributed by atoms with E-state index >= 15 is 0 Å². The highest BCUT2D eigenvalue weighted by molar-refractivity contribution is 9.10. The summed E-state index contributed by atoms with van der Waals surface area (Å²) in [6, 6.07) is 4.47. The number of hydrogen-bond donors (Lipinski definition) is 1. The summed E-state index contributed by atoms with van der Waals surface area (Å²) in [6.45, 7) is 0. The van der Waals surface area contributed by atoms with Gasteiger partial charge in [-0.1, -0.05) is 23.2 Å². The lowest BCUT2D eigenvalue weighted by molar-refractivity contribution is 0.578. The van der Waals surface area contributed by atoms with Gasteiger partial charge in [0.2, 0.25) is 0 Å². The van der Waals surface area contributed by atoms with Gasteiger partial charge >= 0.3 is 0 Å². The van der Waals surface area contributed by atoms with Gasteiger partial charge in [-0.15, -0.1) is 11.3 Å². The third-order valence-electron chi connectivity index (χ3n) is 2.55. The summed E-state index contributed by atoms with van der Waals surface area (Å²) in [5, 5.41) is 6.03. The normalized spacial score (nSPS) is 12.7. The number of hydrogen-bond acceptors (Lipinski definition) is 2. The van der Waals surface area contributed by atoms with Crippen LogP contribution >= 0.6 is 50.5 Å². The largest absolute Gasteiger partial charge is 0.309 e. The lowest BCUT2D eigenvalue weighted by Crippen LogP contribution is -2.18. The molecule has 0 bridgehead atoms. The zero-order valence-electron chi connectivity index (χ0n) is 9.31. The van der Waals surface area contributed by atoms with Crippen LogP contribution in [-0.2, 0) is 0 Å². The van der Waals surface area contributed by atoms with Gasteiger partial charge in [0.05, 0.1) is 16.1 Å². The van der Waals surface area contributed by atoms with Crippen molar-refractivity contribution in [3.63, 3.8) is 0 Å². The Morgan fingerprint density at radius 3 is 2.61 bits per heavy atom. The van der Waals surface area contributed by atoms with Gasteiger partial charge in [-0.05, 0) is 46.6 Å². The predicted octanol–water partition coefficient (Wildman–Crippen LogP) is 5.27. The molecule has 1 nitrogen and oxygen atoms in total. The molecule has 96 valence electrons. The van der Waals surface area contributed by atoms with Crippen molar-refractivity contribution in [3.8, 4) is 0 Å². The molecule has 1 atom stereocenters. The summed E-state index contributed by atoms with van der Waals surface area (Å²) >= 11 is 16.8. The second-order valence-electron chi connectivity index (χ2n) is 3.64. The minimum Gasteiger partial charge on any atom is -0.309 e. The molecule has 2 aromatic rings. The second kappa shape index (κ2) is 5.88. The van der Waals surface area contributed by atoms with Gasteiger partial charge in [0.1, 0.15) is 5.82 Å². The molecule has 0 aliphatic heterocycles. The van der Waals surface area contributed by atoms with Crippen LogP contribution in [0.2, 0.25) is 10.0 Å². The summed E-state index contributed by atoms with van der Waals surface area (Å²) in [7, 11) is 1.76. The zero-order chi connectivity index (χ0) is 13.3. The van der Waals surface area contributed by atoms with E-state index in [1.807, 2.05) is 5.38 Å². The smallest absolute Gasteiger partial charge is 0.129 e. The molecule has 18 heavy (non-hydrogen) atoms. The van der Waals surface area contributed by atoms with Gasteiger partial charge in [-0.2, -0.15) is 0 Å². The third kappa shape index (κ3) is 2.73. The van der Waals surface area contributed by atoms with Crippen molar-refractivity contribution < 1.29 is 4.39 Å². The number of halogens is 4. The molecule has 0 aliphatic rings. The highest BCUT2D eigenvalue weighted by Gasteiger charge is 2.21. The van der Waals surface area contributed by atoms with E-state index in [-0.39, 0.29) is 11.9 Å². The Hall–Kier alpha value is -0.130. The molecule has 1 aromatic carbocycles. The summed E-state index contributed by atoms with van der Waals surface area (Å²) in [5.74, 6) is -0.324. The van der Waals surface area contributed by atoms with Gasteiger partial charge in [0.15, 0.2) is 0 Å². The monoisotopic (exact) mass is 367 g/mol. The van der Waals surface area contributed by atoms with Crippen LogP contribution in [0.4, 0.5) is 4.39 Å². The first-order chi connectivity index (χ1) is 8.54. The van der Waals surface area contributed by atoms with E-state index < -0.39 is 0 Å². The van der Waals surface area contributed by atoms with Crippen molar-refractivity contribution in [3.05, 3.63) is 54.4 Å². The van der Waals surface area contributed by atoms with Gasteiger partial charge in [0, 0.05) is 14.9 Å². The Morgan fingerprint density at radius 1 is 1.33 bits per heavy atom. The molecular formula is C12H9BrCl2FNS. The summed E-state index contributed by atoms with van der Waals surface area (Å²) in [4.78, 5) is 0.872. The molecule has 0 saturated heterocycles. The zero-order valence-corrected chi connectivity index (χ0v) is 13.2. The van der Waals surface area contributed by atoms with E-state index in [1.165, 1.54) is 17.4 Å². The molecule has 2 rings (SSSR count). The average Bonchev–Trinajstić information content (AvgIpc) is 2.73. The van der Waals surface area contributed by atoms with Crippen LogP contribution in [0.5, 0.6) is 0 Å². The van der Waals surface area contributed by atoms with Crippen molar-refractivity contribution >= 4 is 50.5 Å². The topological polar surface area (TPSA) is 12.0 Å². The molecule has 0 spiro atoms. The Kier molecular flexibility index (Phi) is 4.67. The van der Waals surface area contributed by atoms with Gasteiger partial charge in [-0.25, -0.2) is 4.39 Å². The number of rotatable bonds is 3. The van der Waals surface area contributed by atoms with E-state index in [2.05, 4.69) is 21.2 Å².